The number of anilines is 1. The number of aromatic nitrogens is 2. The molecule has 2 aromatic rings. The van der Waals surface area contributed by atoms with E-state index in [1.165, 1.54) is 12.1 Å². The Kier molecular flexibility index (Phi) is 5.61. The van der Waals surface area contributed by atoms with Crippen molar-refractivity contribution in [1.82, 2.24) is 15.1 Å². The van der Waals surface area contributed by atoms with Crippen molar-refractivity contribution in [2.24, 2.45) is 0 Å². The summed E-state index contributed by atoms with van der Waals surface area (Å²) in [6.45, 7) is 5.84. The zero-order valence-electron chi connectivity index (χ0n) is 13.6. The molecule has 0 saturated heterocycles. The van der Waals surface area contributed by atoms with Crippen LogP contribution >= 0.6 is 0 Å². The maximum Gasteiger partial charge on any atom is 0.166 e. The molecule has 1 heterocycles. The summed E-state index contributed by atoms with van der Waals surface area (Å²) < 4.78 is 12.9. The van der Waals surface area contributed by atoms with E-state index in [1.54, 1.807) is 12.1 Å². The van der Waals surface area contributed by atoms with E-state index in [-0.39, 0.29) is 5.82 Å². The summed E-state index contributed by atoms with van der Waals surface area (Å²) >= 11 is 0. The molecule has 23 heavy (non-hydrogen) atoms. The van der Waals surface area contributed by atoms with Crippen molar-refractivity contribution < 1.29 is 4.39 Å². The second kappa shape index (κ2) is 7.65. The van der Waals surface area contributed by atoms with E-state index in [0.717, 1.165) is 29.9 Å². The summed E-state index contributed by atoms with van der Waals surface area (Å²) in [5, 5.41) is 20.5. The molecule has 0 amide bonds. The molecule has 0 aliphatic heterocycles. The van der Waals surface area contributed by atoms with Gasteiger partial charge in [0, 0.05) is 19.6 Å². The first-order valence-electron chi connectivity index (χ1n) is 7.42. The molecule has 120 valence electrons. The van der Waals surface area contributed by atoms with Gasteiger partial charge in [-0.3, -0.25) is 0 Å². The Hall–Kier alpha value is -2.52. The smallest absolute Gasteiger partial charge is 0.166 e. The fraction of sp³-hybridized carbons (Fsp3) is 0.353. The molecule has 0 spiro atoms. The normalized spacial score (nSPS) is 10.6. The molecular formula is C17H20FN5. The highest BCUT2D eigenvalue weighted by Gasteiger charge is 2.10. The van der Waals surface area contributed by atoms with Gasteiger partial charge in [0.25, 0.3) is 0 Å². The van der Waals surface area contributed by atoms with Gasteiger partial charge < -0.3 is 10.2 Å². The average molecular weight is 313 g/mol. The summed E-state index contributed by atoms with van der Waals surface area (Å²) in [6, 6.07) is 8.66. The number of nitriles is 1. The van der Waals surface area contributed by atoms with Crippen LogP contribution in [0.4, 0.5) is 10.2 Å². The van der Waals surface area contributed by atoms with E-state index in [0.29, 0.717) is 17.9 Å². The van der Waals surface area contributed by atoms with E-state index in [9.17, 15) is 9.65 Å². The lowest BCUT2D eigenvalue weighted by Gasteiger charge is -2.17. The van der Waals surface area contributed by atoms with Crippen LogP contribution in [0.25, 0.3) is 0 Å². The molecule has 2 rings (SSSR count). The van der Waals surface area contributed by atoms with Gasteiger partial charge in [-0.25, -0.2) is 4.39 Å². The monoisotopic (exact) mass is 313 g/mol. The number of rotatable bonds is 6. The first-order valence-corrected chi connectivity index (χ1v) is 7.42. The van der Waals surface area contributed by atoms with Gasteiger partial charge in [-0.15, -0.1) is 5.10 Å². The van der Waals surface area contributed by atoms with Crippen molar-refractivity contribution in [3.63, 3.8) is 0 Å². The topological polar surface area (TPSA) is 64.8 Å². The van der Waals surface area contributed by atoms with Crippen LogP contribution in [0, 0.1) is 31.0 Å². The Morgan fingerprint density at radius 2 is 1.91 bits per heavy atom. The molecule has 1 N–H and O–H groups in total. The van der Waals surface area contributed by atoms with E-state index in [2.05, 4.69) is 26.5 Å². The lowest BCUT2D eigenvalue weighted by molar-refractivity contribution is 0.339. The Labute approximate surface area is 135 Å². The van der Waals surface area contributed by atoms with Crippen molar-refractivity contribution in [3.8, 4) is 6.07 Å². The van der Waals surface area contributed by atoms with Gasteiger partial charge in [-0.2, -0.15) is 10.4 Å². The van der Waals surface area contributed by atoms with Gasteiger partial charge >= 0.3 is 0 Å². The van der Waals surface area contributed by atoms with Crippen LogP contribution in [0.1, 0.15) is 22.4 Å². The fourth-order valence-corrected chi connectivity index (χ4v) is 2.21. The van der Waals surface area contributed by atoms with Crippen molar-refractivity contribution in [2.75, 3.05) is 25.5 Å². The van der Waals surface area contributed by atoms with E-state index in [1.807, 2.05) is 20.9 Å². The highest BCUT2D eigenvalue weighted by Crippen LogP contribution is 2.16. The molecule has 1 aromatic heterocycles. The third kappa shape index (κ3) is 4.47. The summed E-state index contributed by atoms with van der Waals surface area (Å²) in [5.41, 5.74) is 3.21. The molecule has 6 heteroatoms. The lowest BCUT2D eigenvalue weighted by atomic mass is 10.1. The second-order valence-corrected chi connectivity index (χ2v) is 5.54. The molecule has 0 radical (unpaired) electrons. The second-order valence-electron chi connectivity index (χ2n) is 5.54. The van der Waals surface area contributed by atoms with Gasteiger partial charge in [0.2, 0.25) is 0 Å². The lowest BCUT2D eigenvalue weighted by Crippen LogP contribution is -2.25. The number of halogens is 1. The van der Waals surface area contributed by atoms with Crippen LogP contribution < -0.4 is 5.32 Å². The number of hydrogen-bond acceptors (Lipinski definition) is 5. The summed E-state index contributed by atoms with van der Waals surface area (Å²) in [5.74, 6) is 0.293. The van der Waals surface area contributed by atoms with E-state index >= 15 is 0 Å². The summed E-state index contributed by atoms with van der Waals surface area (Å²) in [7, 11) is 1.99. The highest BCUT2D eigenvalue weighted by atomic mass is 19.1. The van der Waals surface area contributed by atoms with Crippen molar-refractivity contribution in [3.05, 3.63) is 52.5 Å². The zero-order valence-corrected chi connectivity index (χ0v) is 13.6. The van der Waals surface area contributed by atoms with Crippen molar-refractivity contribution >= 4 is 5.82 Å². The standard InChI is InChI=1S/C17H20FN5/c1-12-13(2)21-22-17(16(12)10-19)20-8-9-23(3)11-14-4-6-15(18)7-5-14/h4-7H,8-9,11H2,1-3H3,(H,20,22). The van der Waals surface area contributed by atoms with Crippen LogP contribution in [0.3, 0.4) is 0 Å². The predicted molar refractivity (Wildman–Crippen MR) is 87.4 cm³/mol. The van der Waals surface area contributed by atoms with Gasteiger partial charge in [0.1, 0.15) is 17.4 Å². The molecule has 0 saturated carbocycles. The molecule has 1 aromatic carbocycles. The fourth-order valence-electron chi connectivity index (χ4n) is 2.21. The quantitative estimate of drug-likeness (QED) is 0.888. The number of likely N-dealkylation sites (N-methyl/N-ethyl adjacent to an activating group) is 1. The third-order valence-corrected chi connectivity index (χ3v) is 3.72. The molecular weight excluding hydrogens is 293 g/mol. The van der Waals surface area contributed by atoms with Gasteiger partial charge in [-0.1, -0.05) is 12.1 Å². The van der Waals surface area contributed by atoms with Crippen molar-refractivity contribution in [1.29, 1.82) is 5.26 Å². The maximum atomic E-state index is 12.9. The number of nitrogens with zero attached hydrogens (tertiary/aromatic N) is 4. The minimum atomic E-state index is -0.226. The Bertz CT molecular complexity index is 706. The molecule has 0 fully saturated rings. The molecule has 5 nitrogen and oxygen atoms in total. The van der Waals surface area contributed by atoms with Crippen LogP contribution in [0.2, 0.25) is 0 Å². The van der Waals surface area contributed by atoms with Crippen LogP contribution in [-0.2, 0) is 6.54 Å². The summed E-state index contributed by atoms with van der Waals surface area (Å²) in [6.07, 6.45) is 0. The third-order valence-electron chi connectivity index (χ3n) is 3.72. The van der Waals surface area contributed by atoms with Crippen LogP contribution in [0.15, 0.2) is 24.3 Å². The molecule has 0 unspecified atom stereocenters. The molecule has 0 atom stereocenters. The van der Waals surface area contributed by atoms with Crippen LogP contribution in [-0.4, -0.2) is 35.2 Å². The molecule has 0 aliphatic carbocycles. The average Bonchev–Trinajstić information content (AvgIpc) is 2.53. The molecule has 0 bridgehead atoms. The predicted octanol–water partition coefficient (Wildman–Crippen LogP) is 2.65. The van der Waals surface area contributed by atoms with Gasteiger partial charge in [-0.05, 0) is 44.2 Å². The van der Waals surface area contributed by atoms with Gasteiger partial charge in [0.05, 0.1) is 5.69 Å². The first-order chi connectivity index (χ1) is 11.0. The van der Waals surface area contributed by atoms with E-state index < -0.39 is 0 Å². The number of hydrogen-bond donors (Lipinski definition) is 1. The Morgan fingerprint density at radius 1 is 1.22 bits per heavy atom. The Balaban J connectivity index is 1.89. The van der Waals surface area contributed by atoms with Crippen molar-refractivity contribution in [2.45, 2.75) is 20.4 Å². The number of aryl methyl sites for hydroxylation is 1. The van der Waals surface area contributed by atoms with E-state index in [4.69, 9.17) is 0 Å². The SMILES string of the molecule is Cc1nnc(NCCN(C)Cc2ccc(F)cc2)c(C#N)c1C. The Morgan fingerprint density at radius 3 is 2.57 bits per heavy atom. The summed E-state index contributed by atoms with van der Waals surface area (Å²) in [4.78, 5) is 2.11. The minimum absolute atomic E-state index is 0.226. The number of nitrogens with one attached hydrogen (secondary N) is 1. The largest absolute Gasteiger partial charge is 0.366 e. The van der Waals surface area contributed by atoms with Crippen LogP contribution in [0.5, 0.6) is 0 Å². The zero-order chi connectivity index (χ0) is 16.8. The maximum absolute atomic E-state index is 12.9. The highest BCUT2D eigenvalue weighted by molar-refractivity contribution is 5.55. The minimum Gasteiger partial charge on any atom is -0.366 e. The van der Waals surface area contributed by atoms with Gasteiger partial charge in [0.15, 0.2) is 5.82 Å². The molecule has 0 aliphatic rings. The first kappa shape index (κ1) is 16.8. The number of benzene rings is 1.